The number of pyridine rings is 2. The molecule has 0 bridgehead atoms. The molecule has 0 saturated carbocycles. The predicted octanol–water partition coefficient (Wildman–Crippen LogP) is 5.24. The second-order valence-electron chi connectivity index (χ2n) is 8.74. The quantitative estimate of drug-likeness (QED) is 0.398. The van der Waals surface area contributed by atoms with Gasteiger partial charge in [-0.3, -0.25) is 0 Å². The number of nitrogen functional groups attached to an aromatic ring is 1. The van der Waals surface area contributed by atoms with Crippen LogP contribution in [-0.2, 0) is 0 Å². The summed E-state index contributed by atoms with van der Waals surface area (Å²) in [5.74, 6) is 1.92. The van der Waals surface area contributed by atoms with Gasteiger partial charge in [-0.1, -0.05) is 36.1 Å². The molecule has 182 valence electrons. The minimum Gasteiger partial charge on any atom is -0.375 e. The van der Waals surface area contributed by atoms with Crippen LogP contribution in [0.3, 0.4) is 0 Å². The van der Waals surface area contributed by atoms with E-state index in [0.29, 0.717) is 11.2 Å². The zero-order valence-electron chi connectivity index (χ0n) is 20.6. The fourth-order valence-electron chi connectivity index (χ4n) is 4.18. The van der Waals surface area contributed by atoms with Crippen LogP contribution in [-0.4, -0.2) is 60.1 Å². The molecule has 1 aliphatic heterocycles. The molecule has 3 aromatic heterocycles. The molecule has 35 heavy (non-hydrogen) atoms. The molecule has 4 heterocycles. The van der Waals surface area contributed by atoms with E-state index >= 15 is 0 Å². The van der Waals surface area contributed by atoms with E-state index < -0.39 is 0 Å². The largest absolute Gasteiger partial charge is 0.375 e. The van der Waals surface area contributed by atoms with Gasteiger partial charge in [-0.2, -0.15) is 0 Å². The predicted molar refractivity (Wildman–Crippen MR) is 150 cm³/mol. The smallest absolute Gasteiger partial charge is 0.180 e. The van der Waals surface area contributed by atoms with Crippen molar-refractivity contribution in [2.75, 3.05) is 50.2 Å². The van der Waals surface area contributed by atoms with E-state index in [2.05, 4.69) is 75.0 Å². The highest BCUT2D eigenvalue weighted by molar-refractivity contribution is 7.18. The molecule has 5 rings (SSSR count). The SMILES string of the molecule is C=Cc1ccnc(N(C)C2CCN(C)CC2)c1.CNc1cc2cc(-c3cnc(N)s3)ccc2cn1. The van der Waals surface area contributed by atoms with Gasteiger partial charge in [-0.05, 0) is 73.8 Å². The summed E-state index contributed by atoms with van der Waals surface area (Å²) in [4.78, 5) is 18.6. The molecule has 0 radical (unpaired) electrons. The minimum atomic E-state index is 0.593. The Bertz CT molecular complexity index is 1280. The lowest BCUT2D eigenvalue weighted by Crippen LogP contribution is -2.42. The number of nitrogens with two attached hydrogens (primary N) is 1. The molecule has 4 aromatic rings. The highest BCUT2D eigenvalue weighted by atomic mass is 32.1. The van der Waals surface area contributed by atoms with Gasteiger partial charge in [0.2, 0.25) is 0 Å². The van der Waals surface area contributed by atoms with Gasteiger partial charge in [0, 0.05) is 44.1 Å². The summed E-state index contributed by atoms with van der Waals surface area (Å²) in [6.07, 6.45) is 9.83. The Morgan fingerprint density at radius 3 is 2.57 bits per heavy atom. The highest BCUT2D eigenvalue weighted by Gasteiger charge is 2.21. The molecule has 1 saturated heterocycles. The van der Waals surface area contributed by atoms with Gasteiger partial charge in [-0.15, -0.1) is 0 Å². The maximum absolute atomic E-state index is 5.66. The summed E-state index contributed by atoms with van der Waals surface area (Å²) in [5.41, 5.74) is 7.93. The third-order valence-electron chi connectivity index (χ3n) is 6.39. The van der Waals surface area contributed by atoms with Crippen LogP contribution >= 0.6 is 11.3 Å². The molecule has 1 fully saturated rings. The van der Waals surface area contributed by atoms with Crippen LogP contribution in [0.2, 0.25) is 0 Å². The van der Waals surface area contributed by atoms with Gasteiger partial charge in [0.05, 0.1) is 4.88 Å². The molecule has 3 N–H and O–H groups in total. The number of anilines is 3. The first kappa shape index (κ1) is 24.6. The standard InChI is InChI=1S/C14H21N3.C13H12N4S/c1-4-12-5-8-15-14(11-12)17(3)13-6-9-16(2)10-7-13;1-15-12-5-10-4-8(2-3-9(10)6-16-12)11-7-17-13(14)18-11/h4-5,8,11,13H,1,6-7,9-10H2,2-3H3;2-7H,1H3,(H2,14,17)(H,15,16). The fraction of sp³-hybridized carbons (Fsp3) is 0.296. The van der Waals surface area contributed by atoms with Crippen molar-refractivity contribution >= 4 is 45.0 Å². The lowest BCUT2D eigenvalue weighted by Gasteiger charge is -2.35. The Morgan fingerprint density at radius 2 is 1.89 bits per heavy atom. The molecule has 0 aliphatic carbocycles. The Kier molecular flexibility index (Phi) is 7.94. The van der Waals surface area contributed by atoms with Crippen molar-refractivity contribution in [3.63, 3.8) is 0 Å². The number of piperidine rings is 1. The normalized spacial score (nSPS) is 14.3. The monoisotopic (exact) mass is 487 g/mol. The number of hydrogen-bond acceptors (Lipinski definition) is 8. The first-order valence-corrected chi connectivity index (χ1v) is 12.6. The van der Waals surface area contributed by atoms with Crippen molar-refractivity contribution in [3.05, 3.63) is 67.1 Å². The lowest BCUT2D eigenvalue weighted by atomic mass is 10.0. The summed E-state index contributed by atoms with van der Waals surface area (Å²) in [6.45, 7) is 6.15. The van der Waals surface area contributed by atoms with E-state index in [1.807, 2.05) is 37.7 Å². The summed E-state index contributed by atoms with van der Waals surface area (Å²) < 4.78 is 0. The molecule has 8 heteroatoms. The van der Waals surface area contributed by atoms with Crippen LogP contribution in [0.25, 0.3) is 27.3 Å². The Balaban J connectivity index is 0.000000165. The number of likely N-dealkylation sites (tertiary alicyclic amines) is 1. The van der Waals surface area contributed by atoms with E-state index in [1.165, 1.54) is 37.3 Å². The Morgan fingerprint density at radius 1 is 1.09 bits per heavy atom. The van der Waals surface area contributed by atoms with Gasteiger partial charge >= 0.3 is 0 Å². The van der Waals surface area contributed by atoms with Crippen LogP contribution in [0.4, 0.5) is 16.8 Å². The van der Waals surface area contributed by atoms with E-state index in [1.54, 1.807) is 6.20 Å². The number of hydrogen-bond donors (Lipinski definition) is 2. The molecule has 0 unspecified atom stereocenters. The van der Waals surface area contributed by atoms with E-state index in [4.69, 9.17) is 5.73 Å². The van der Waals surface area contributed by atoms with E-state index in [9.17, 15) is 0 Å². The van der Waals surface area contributed by atoms with Crippen molar-refractivity contribution in [2.24, 2.45) is 0 Å². The van der Waals surface area contributed by atoms with Crippen LogP contribution in [0.15, 0.2) is 61.6 Å². The van der Waals surface area contributed by atoms with Crippen LogP contribution in [0.1, 0.15) is 18.4 Å². The second kappa shape index (κ2) is 11.3. The fourth-order valence-corrected chi connectivity index (χ4v) is 4.86. The zero-order chi connectivity index (χ0) is 24.8. The molecular weight excluding hydrogens is 454 g/mol. The van der Waals surface area contributed by atoms with Crippen LogP contribution < -0.4 is 16.0 Å². The van der Waals surface area contributed by atoms with Crippen LogP contribution in [0.5, 0.6) is 0 Å². The van der Waals surface area contributed by atoms with Crippen molar-refractivity contribution in [1.82, 2.24) is 19.9 Å². The van der Waals surface area contributed by atoms with Crippen LogP contribution in [0, 0.1) is 0 Å². The number of nitrogens with one attached hydrogen (secondary N) is 1. The Labute approximate surface area is 211 Å². The number of aromatic nitrogens is 3. The third-order valence-corrected chi connectivity index (χ3v) is 7.26. The average Bonchev–Trinajstić information content (AvgIpc) is 3.34. The van der Waals surface area contributed by atoms with E-state index in [-0.39, 0.29) is 0 Å². The van der Waals surface area contributed by atoms with Gasteiger partial charge < -0.3 is 20.9 Å². The maximum Gasteiger partial charge on any atom is 0.180 e. The summed E-state index contributed by atoms with van der Waals surface area (Å²) in [7, 11) is 6.19. The molecule has 1 aliphatic rings. The number of thiazole rings is 1. The van der Waals surface area contributed by atoms with E-state index in [0.717, 1.165) is 38.4 Å². The summed E-state index contributed by atoms with van der Waals surface area (Å²) in [6, 6.07) is 13.0. The Hall–Kier alpha value is -3.49. The minimum absolute atomic E-state index is 0.593. The summed E-state index contributed by atoms with van der Waals surface area (Å²) >= 11 is 1.49. The van der Waals surface area contributed by atoms with Crippen molar-refractivity contribution < 1.29 is 0 Å². The number of nitrogens with zero attached hydrogens (tertiary/aromatic N) is 5. The molecule has 0 spiro atoms. The first-order valence-electron chi connectivity index (χ1n) is 11.8. The number of fused-ring (bicyclic) bond motifs is 1. The van der Waals surface area contributed by atoms with Gasteiger partial charge in [-0.25, -0.2) is 15.0 Å². The summed E-state index contributed by atoms with van der Waals surface area (Å²) in [5, 5.41) is 5.91. The average molecular weight is 488 g/mol. The molecular formula is C27H33N7S. The van der Waals surface area contributed by atoms with Crippen molar-refractivity contribution in [3.8, 4) is 10.4 Å². The number of rotatable bonds is 5. The highest BCUT2D eigenvalue weighted by Crippen LogP contribution is 2.30. The second-order valence-corrected chi connectivity index (χ2v) is 9.80. The molecule has 0 atom stereocenters. The zero-order valence-corrected chi connectivity index (χ0v) is 21.4. The maximum atomic E-state index is 5.66. The van der Waals surface area contributed by atoms with Gasteiger partial charge in [0.25, 0.3) is 0 Å². The van der Waals surface area contributed by atoms with Gasteiger partial charge in [0.15, 0.2) is 5.13 Å². The number of benzene rings is 1. The van der Waals surface area contributed by atoms with Crippen molar-refractivity contribution in [1.29, 1.82) is 0 Å². The molecule has 7 nitrogen and oxygen atoms in total. The topological polar surface area (TPSA) is 83.2 Å². The van der Waals surface area contributed by atoms with Gasteiger partial charge in [0.1, 0.15) is 11.6 Å². The first-order chi connectivity index (χ1) is 17.0. The lowest BCUT2D eigenvalue weighted by molar-refractivity contribution is 0.252. The molecule has 1 aromatic carbocycles. The molecule has 0 amide bonds. The third kappa shape index (κ3) is 6.15. The van der Waals surface area contributed by atoms with Crippen molar-refractivity contribution in [2.45, 2.75) is 18.9 Å².